The highest BCUT2D eigenvalue weighted by Crippen LogP contribution is 2.18. The molecule has 3 heteroatoms. The van der Waals surface area contributed by atoms with E-state index in [0.29, 0.717) is 19.6 Å². The third kappa shape index (κ3) is 1.17. The molecule has 1 aromatic heterocycles. The molecule has 2 heterocycles. The SMILES string of the molecule is N#CCc1cnc2c(c1)COC2. The number of ether oxygens (including phenoxy) is 1. The van der Waals surface area contributed by atoms with Crippen LogP contribution in [-0.2, 0) is 24.4 Å². The van der Waals surface area contributed by atoms with E-state index in [1.54, 1.807) is 6.20 Å². The van der Waals surface area contributed by atoms with Crippen LogP contribution in [-0.4, -0.2) is 4.98 Å². The number of rotatable bonds is 1. The Hall–Kier alpha value is -1.40. The maximum absolute atomic E-state index is 8.46. The first kappa shape index (κ1) is 7.26. The van der Waals surface area contributed by atoms with E-state index >= 15 is 0 Å². The van der Waals surface area contributed by atoms with Gasteiger partial charge < -0.3 is 4.74 Å². The minimum absolute atomic E-state index is 0.431. The van der Waals surface area contributed by atoms with E-state index < -0.39 is 0 Å². The highest BCUT2D eigenvalue weighted by Gasteiger charge is 2.12. The fourth-order valence-electron chi connectivity index (χ4n) is 1.29. The lowest BCUT2D eigenvalue weighted by Gasteiger charge is -1.97. The number of pyridine rings is 1. The third-order valence-corrected chi connectivity index (χ3v) is 1.90. The van der Waals surface area contributed by atoms with Gasteiger partial charge in [-0.15, -0.1) is 0 Å². The molecule has 3 nitrogen and oxygen atoms in total. The van der Waals surface area contributed by atoms with Crippen molar-refractivity contribution < 1.29 is 4.74 Å². The van der Waals surface area contributed by atoms with Crippen LogP contribution in [0.2, 0.25) is 0 Å². The lowest BCUT2D eigenvalue weighted by molar-refractivity contribution is 0.133. The quantitative estimate of drug-likeness (QED) is 0.619. The molecule has 0 amide bonds. The van der Waals surface area contributed by atoms with Gasteiger partial charge in [0.05, 0.1) is 31.4 Å². The summed E-state index contributed by atoms with van der Waals surface area (Å²) in [5, 5.41) is 8.46. The predicted octanol–water partition coefficient (Wildman–Crippen LogP) is 1.18. The minimum Gasteiger partial charge on any atom is -0.370 e. The second-order valence-electron chi connectivity index (χ2n) is 2.78. The zero-order valence-electron chi connectivity index (χ0n) is 6.58. The van der Waals surface area contributed by atoms with E-state index in [1.165, 1.54) is 0 Å². The number of nitriles is 1. The van der Waals surface area contributed by atoms with Crippen molar-refractivity contribution in [2.45, 2.75) is 19.6 Å². The van der Waals surface area contributed by atoms with E-state index in [1.807, 2.05) is 6.07 Å². The van der Waals surface area contributed by atoms with Gasteiger partial charge in [0.25, 0.3) is 0 Å². The number of hydrogen-bond acceptors (Lipinski definition) is 3. The second-order valence-corrected chi connectivity index (χ2v) is 2.78. The Morgan fingerprint density at radius 3 is 3.33 bits per heavy atom. The fourth-order valence-corrected chi connectivity index (χ4v) is 1.29. The van der Waals surface area contributed by atoms with Gasteiger partial charge >= 0.3 is 0 Å². The molecule has 0 aliphatic carbocycles. The largest absolute Gasteiger partial charge is 0.370 e. The lowest BCUT2D eigenvalue weighted by Crippen LogP contribution is -1.91. The summed E-state index contributed by atoms with van der Waals surface area (Å²) in [7, 11) is 0. The maximum Gasteiger partial charge on any atom is 0.0896 e. The standard InChI is InChI=1S/C9H8N2O/c10-2-1-7-3-8-5-12-6-9(8)11-4-7/h3-4H,1,5-6H2. The zero-order valence-corrected chi connectivity index (χ0v) is 6.58. The second kappa shape index (κ2) is 2.92. The van der Waals surface area contributed by atoms with Gasteiger partial charge in [-0.05, 0) is 11.6 Å². The van der Waals surface area contributed by atoms with Crippen molar-refractivity contribution in [3.8, 4) is 6.07 Å². The van der Waals surface area contributed by atoms with Gasteiger partial charge in [0.1, 0.15) is 0 Å². The van der Waals surface area contributed by atoms with Gasteiger partial charge in [0.2, 0.25) is 0 Å². The van der Waals surface area contributed by atoms with Crippen LogP contribution in [0.25, 0.3) is 0 Å². The normalized spacial score (nSPS) is 13.9. The highest BCUT2D eigenvalue weighted by molar-refractivity contribution is 5.27. The molecule has 0 saturated carbocycles. The predicted molar refractivity (Wildman–Crippen MR) is 42.0 cm³/mol. The molecule has 0 unspecified atom stereocenters. The molecule has 0 saturated heterocycles. The van der Waals surface area contributed by atoms with Crippen LogP contribution in [0.4, 0.5) is 0 Å². The Balaban J connectivity index is 2.34. The molecule has 12 heavy (non-hydrogen) atoms. The molecule has 2 rings (SSSR count). The summed E-state index contributed by atoms with van der Waals surface area (Å²) < 4.78 is 5.20. The van der Waals surface area contributed by atoms with Crippen molar-refractivity contribution >= 4 is 0 Å². The van der Waals surface area contributed by atoms with Gasteiger partial charge in [-0.1, -0.05) is 0 Å². The Bertz CT molecular complexity index is 341. The molecule has 0 radical (unpaired) electrons. The summed E-state index contributed by atoms with van der Waals surface area (Å²) in [6.45, 7) is 1.25. The van der Waals surface area contributed by atoms with Crippen LogP contribution in [0.15, 0.2) is 12.3 Å². The first-order valence-electron chi connectivity index (χ1n) is 3.81. The van der Waals surface area contributed by atoms with Crippen LogP contribution < -0.4 is 0 Å². The number of fused-ring (bicyclic) bond motifs is 1. The molecule has 0 spiro atoms. The maximum atomic E-state index is 8.46. The Morgan fingerprint density at radius 1 is 1.58 bits per heavy atom. The number of nitrogens with zero attached hydrogens (tertiary/aromatic N) is 2. The molecule has 0 bridgehead atoms. The van der Waals surface area contributed by atoms with Gasteiger partial charge in [0.15, 0.2) is 0 Å². The zero-order chi connectivity index (χ0) is 8.39. The Kier molecular flexibility index (Phi) is 1.77. The van der Waals surface area contributed by atoms with E-state index in [0.717, 1.165) is 16.8 Å². The minimum atomic E-state index is 0.431. The van der Waals surface area contributed by atoms with Gasteiger partial charge in [-0.3, -0.25) is 4.98 Å². The summed E-state index contributed by atoms with van der Waals surface area (Å²) in [5.41, 5.74) is 3.11. The summed E-state index contributed by atoms with van der Waals surface area (Å²) in [6, 6.07) is 4.09. The van der Waals surface area contributed by atoms with Crippen LogP contribution in [0.5, 0.6) is 0 Å². The molecule has 0 aromatic carbocycles. The first-order chi connectivity index (χ1) is 5.90. The lowest BCUT2D eigenvalue weighted by atomic mass is 10.1. The van der Waals surface area contributed by atoms with Crippen molar-refractivity contribution in [1.82, 2.24) is 4.98 Å². The average molecular weight is 160 g/mol. The third-order valence-electron chi connectivity index (χ3n) is 1.90. The number of hydrogen-bond donors (Lipinski definition) is 0. The van der Waals surface area contributed by atoms with Crippen LogP contribution in [0, 0.1) is 11.3 Å². The average Bonchev–Trinajstić information content (AvgIpc) is 2.51. The molecule has 1 aromatic rings. The van der Waals surface area contributed by atoms with E-state index in [2.05, 4.69) is 11.1 Å². The summed E-state index contributed by atoms with van der Waals surface area (Å²) >= 11 is 0. The van der Waals surface area contributed by atoms with Gasteiger partial charge in [-0.25, -0.2) is 0 Å². The van der Waals surface area contributed by atoms with Crippen LogP contribution in [0.3, 0.4) is 0 Å². The van der Waals surface area contributed by atoms with Crippen molar-refractivity contribution in [3.05, 3.63) is 29.1 Å². The summed E-state index contributed by atoms with van der Waals surface area (Å²) in [5.74, 6) is 0. The van der Waals surface area contributed by atoms with Gasteiger partial charge in [-0.2, -0.15) is 5.26 Å². The summed E-state index contributed by atoms with van der Waals surface area (Å²) in [4.78, 5) is 4.20. The van der Waals surface area contributed by atoms with Crippen LogP contribution in [0.1, 0.15) is 16.8 Å². The molecule has 0 fully saturated rings. The molecule has 0 atom stereocenters. The van der Waals surface area contributed by atoms with Crippen molar-refractivity contribution in [3.63, 3.8) is 0 Å². The Labute approximate surface area is 70.6 Å². The molecular formula is C9H8N2O. The van der Waals surface area contributed by atoms with E-state index in [4.69, 9.17) is 10.00 Å². The highest BCUT2D eigenvalue weighted by atomic mass is 16.5. The molecular weight excluding hydrogens is 152 g/mol. The van der Waals surface area contributed by atoms with Crippen molar-refractivity contribution in [1.29, 1.82) is 5.26 Å². The smallest absolute Gasteiger partial charge is 0.0896 e. The van der Waals surface area contributed by atoms with Crippen LogP contribution >= 0.6 is 0 Å². The Morgan fingerprint density at radius 2 is 2.50 bits per heavy atom. The summed E-state index contributed by atoms with van der Waals surface area (Å²) in [6.07, 6.45) is 2.18. The fraction of sp³-hybridized carbons (Fsp3) is 0.333. The number of aromatic nitrogens is 1. The molecule has 0 N–H and O–H groups in total. The monoisotopic (exact) mass is 160 g/mol. The molecule has 1 aliphatic heterocycles. The topological polar surface area (TPSA) is 45.9 Å². The molecule has 1 aliphatic rings. The first-order valence-corrected chi connectivity index (χ1v) is 3.81. The molecule has 60 valence electrons. The van der Waals surface area contributed by atoms with Crippen molar-refractivity contribution in [2.24, 2.45) is 0 Å². The van der Waals surface area contributed by atoms with Crippen molar-refractivity contribution in [2.75, 3.05) is 0 Å². The van der Waals surface area contributed by atoms with Gasteiger partial charge in [0, 0.05) is 11.8 Å². The van der Waals surface area contributed by atoms with E-state index in [-0.39, 0.29) is 0 Å². The van der Waals surface area contributed by atoms with E-state index in [9.17, 15) is 0 Å².